The fourth-order valence-electron chi connectivity index (χ4n) is 2.94. The van der Waals surface area contributed by atoms with Crippen LogP contribution in [-0.2, 0) is 6.54 Å². The molecule has 0 bridgehead atoms. The van der Waals surface area contributed by atoms with Crippen LogP contribution < -0.4 is 5.32 Å². The second kappa shape index (κ2) is 5.74. The third-order valence-corrected chi connectivity index (χ3v) is 4.20. The van der Waals surface area contributed by atoms with Gasteiger partial charge in [-0.2, -0.15) is 0 Å². The normalized spacial score (nSPS) is 18.4. The highest BCUT2D eigenvalue weighted by molar-refractivity contribution is 5.26. The SMILES string of the molecule is CCCNc1nccn1CC1(N(C)C)CCCC1. The molecular formula is C14H26N4. The molecule has 18 heavy (non-hydrogen) atoms. The van der Waals surface area contributed by atoms with Crippen molar-refractivity contribution >= 4 is 5.95 Å². The van der Waals surface area contributed by atoms with Crippen LogP contribution in [0.2, 0.25) is 0 Å². The van der Waals surface area contributed by atoms with Gasteiger partial charge in [-0.15, -0.1) is 0 Å². The van der Waals surface area contributed by atoms with E-state index in [0.29, 0.717) is 5.54 Å². The molecule has 1 aromatic rings. The smallest absolute Gasteiger partial charge is 0.202 e. The molecule has 1 N–H and O–H groups in total. The van der Waals surface area contributed by atoms with Crippen molar-refractivity contribution in [2.24, 2.45) is 0 Å². The highest BCUT2D eigenvalue weighted by Crippen LogP contribution is 2.35. The van der Waals surface area contributed by atoms with Gasteiger partial charge < -0.3 is 14.8 Å². The van der Waals surface area contributed by atoms with Gasteiger partial charge in [0.15, 0.2) is 0 Å². The molecule has 1 aliphatic carbocycles. The summed E-state index contributed by atoms with van der Waals surface area (Å²) in [6.07, 6.45) is 10.4. The predicted octanol–water partition coefficient (Wildman–Crippen LogP) is 2.58. The number of hydrogen-bond acceptors (Lipinski definition) is 3. The van der Waals surface area contributed by atoms with E-state index in [0.717, 1.165) is 25.5 Å². The van der Waals surface area contributed by atoms with Gasteiger partial charge >= 0.3 is 0 Å². The molecule has 0 unspecified atom stereocenters. The van der Waals surface area contributed by atoms with Gasteiger partial charge in [-0.3, -0.25) is 0 Å². The lowest BCUT2D eigenvalue weighted by molar-refractivity contribution is 0.134. The Hall–Kier alpha value is -1.03. The van der Waals surface area contributed by atoms with Crippen LogP contribution in [0.3, 0.4) is 0 Å². The molecule has 2 rings (SSSR count). The van der Waals surface area contributed by atoms with Crippen LogP contribution in [0.5, 0.6) is 0 Å². The first-order chi connectivity index (χ1) is 8.68. The summed E-state index contributed by atoms with van der Waals surface area (Å²) in [5.74, 6) is 1.02. The quantitative estimate of drug-likeness (QED) is 0.842. The van der Waals surface area contributed by atoms with Crippen LogP contribution in [-0.4, -0.2) is 40.6 Å². The maximum absolute atomic E-state index is 4.42. The van der Waals surface area contributed by atoms with Crippen molar-refractivity contribution in [1.29, 1.82) is 0 Å². The van der Waals surface area contributed by atoms with E-state index in [1.165, 1.54) is 25.7 Å². The fraction of sp³-hybridized carbons (Fsp3) is 0.786. The first kappa shape index (κ1) is 13.4. The van der Waals surface area contributed by atoms with Gasteiger partial charge in [0, 0.05) is 31.0 Å². The third kappa shape index (κ3) is 2.69. The molecule has 4 nitrogen and oxygen atoms in total. The zero-order chi connectivity index (χ0) is 13.0. The molecule has 4 heteroatoms. The molecule has 0 radical (unpaired) electrons. The summed E-state index contributed by atoms with van der Waals surface area (Å²) in [6.45, 7) is 4.22. The summed E-state index contributed by atoms with van der Waals surface area (Å²) in [5, 5.41) is 3.41. The van der Waals surface area contributed by atoms with E-state index >= 15 is 0 Å². The van der Waals surface area contributed by atoms with Crippen LogP contribution in [0.25, 0.3) is 0 Å². The van der Waals surface area contributed by atoms with Gasteiger partial charge in [-0.05, 0) is 33.4 Å². The van der Waals surface area contributed by atoms with Crippen LogP contribution in [0.15, 0.2) is 12.4 Å². The second-order valence-electron chi connectivity index (χ2n) is 5.63. The highest BCUT2D eigenvalue weighted by Gasteiger charge is 2.36. The van der Waals surface area contributed by atoms with Gasteiger partial charge in [0.2, 0.25) is 5.95 Å². The minimum Gasteiger partial charge on any atom is -0.356 e. The fourth-order valence-corrected chi connectivity index (χ4v) is 2.94. The van der Waals surface area contributed by atoms with Gasteiger partial charge in [-0.1, -0.05) is 19.8 Å². The number of hydrogen-bond donors (Lipinski definition) is 1. The summed E-state index contributed by atoms with van der Waals surface area (Å²) in [7, 11) is 4.42. The van der Waals surface area contributed by atoms with Crippen LogP contribution in [0.1, 0.15) is 39.0 Å². The molecule has 1 heterocycles. The van der Waals surface area contributed by atoms with Crippen LogP contribution in [0, 0.1) is 0 Å². The highest BCUT2D eigenvalue weighted by atomic mass is 15.2. The molecule has 0 amide bonds. The lowest BCUT2D eigenvalue weighted by atomic mass is 9.96. The maximum Gasteiger partial charge on any atom is 0.202 e. The Labute approximate surface area is 110 Å². The van der Waals surface area contributed by atoms with Crippen LogP contribution in [0.4, 0.5) is 5.95 Å². The number of aromatic nitrogens is 2. The van der Waals surface area contributed by atoms with Gasteiger partial charge in [0.1, 0.15) is 0 Å². The number of nitrogens with zero attached hydrogens (tertiary/aromatic N) is 3. The summed E-state index contributed by atoms with van der Waals surface area (Å²) in [6, 6.07) is 0. The van der Waals surface area contributed by atoms with Crippen molar-refractivity contribution in [2.45, 2.75) is 51.1 Å². The monoisotopic (exact) mass is 250 g/mol. The van der Waals surface area contributed by atoms with E-state index in [4.69, 9.17) is 0 Å². The first-order valence-electron chi connectivity index (χ1n) is 7.10. The third-order valence-electron chi connectivity index (χ3n) is 4.20. The molecule has 0 aliphatic heterocycles. The van der Waals surface area contributed by atoms with Crippen molar-refractivity contribution in [1.82, 2.24) is 14.5 Å². The van der Waals surface area contributed by atoms with E-state index < -0.39 is 0 Å². The molecule has 1 aromatic heterocycles. The average molecular weight is 250 g/mol. The number of rotatable bonds is 6. The topological polar surface area (TPSA) is 33.1 Å². The largest absolute Gasteiger partial charge is 0.356 e. The molecule has 0 aromatic carbocycles. The first-order valence-corrected chi connectivity index (χ1v) is 7.10. The minimum atomic E-state index is 0.323. The summed E-state index contributed by atoms with van der Waals surface area (Å²) in [4.78, 5) is 6.83. The summed E-state index contributed by atoms with van der Waals surface area (Å²) >= 11 is 0. The Balaban J connectivity index is 2.09. The lowest BCUT2D eigenvalue weighted by Gasteiger charge is -2.37. The molecule has 0 atom stereocenters. The minimum absolute atomic E-state index is 0.323. The maximum atomic E-state index is 4.42. The van der Waals surface area contributed by atoms with Crippen molar-refractivity contribution < 1.29 is 0 Å². The summed E-state index contributed by atoms with van der Waals surface area (Å²) in [5.41, 5.74) is 0.323. The Morgan fingerprint density at radius 3 is 2.72 bits per heavy atom. The Bertz CT molecular complexity index is 364. The summed E-state index contributed by atoms with van der Waals surface area (Å²) < 4.78 is 2.28. The number of anilines is 1. The molecule has 0 spiro atoms. The number of nitrogens with one attached hydrogen (secondary N) is 1. The van der Waals surface area contributed by atoms with E-state index in [-0.39, 0.29) is 0 Å². The second-order valence-corrected chi connectivity index (χ2v) is 5.63. The Morgan fingerprint density at radius 1 is 1.39 bits per heavy atom. The van der Waals surface area contributed by atoms with Crippen molar-refractivity contribution in [3.05, 3.63) is 12.4 Å². The zero-order valence-corrected chi connectivity index (χ0v) is 11.9. The number of imidazole rings is 1. The molecule has 102 valence electrons. The van der Waals surface area contributed by atoms with Gasteiger partial charge in [-0.25, -0.2) is 4.98 Å². The predicted molar refractivity (Wildman–Crippen MR) is 75.9 cm³/mol. The zero-order valence-electron chi connectivity index (χ0n) is 11.9. The van der Waals surface area contributed by atoms with E-state index in [9.17, 15) is 0 Å². The average Bonchev–Trinajstić information content (AvgIpc) is 2.97. The van der Waals surface area contributed by atoms with Gasteiger partial charge in [0.05, 0.1) is 0 Å². The van der Waals surface area contributed by atoms with Crippen molar-refractivity contribution in [3.8, 4) is 0 Å². The molecule has 1 saturated carbocycles. The van der Waals surface area contributed by atoms with Gasteiger partial charge in [0.25, 0.3) is 0 Å². The van der Waals surface area contributed by atoms with E-state index in [1.54, 1.807) is 0 Å². The molecule has 1 fully saturated rings. The lowest BCUT2D eigenvalue weighted by Crippen LogP contribution is -2.45. The Kier molecular flexibility index (Phi) is 4.27. The standard InChI is InChI=1S/C14H26N4/c1-4-9-15-13-16-10-11-18(13)12-14(17(2)3)7-5-6-8-14/h10-11H,4-9,12H2,1-3H3,(H,15,16). The Morgan fingerprint density at radius 2 is 2.11 bits per heavy atom. The van der Waals surface area contributed by atoms with E-state index in [2.05, 4.69) is 47.0 Å². The van der Waals surface area contributed by atoms with E-state index in [1.807, 2.05) is 6.20 Å². The van der Waals surface area contributed by atoms with Crippen molar-refractivity contribution in [2.75, 3.05) is 26.0 Å². The number of likely N-dealkylation sites (N-methyl/N-ethyl adjacent to an activating group) is 1. The van der Waals surface area contributed by atoms with Crippen molar-refractivity contribution in [3.63, 3.8) is 0 Å². The van der Waals surface area contributed by atoms with Crippen LogP contribution >= 0.6 is 0 Å². The molecular weight excluding hydrogens is 224 g/mol. The molecule has 0 saturated heterocycles. The molecule has 1 aliphatic rings.